The third kappa shape index (κ3) is 2.66. The molecule has 0 aliphatic carbocycles. The number of hydrogen-bond donors (Lipinski definition) is 1. The van der Waals surface area contributed by atoms with Gasteiger partial charge in [-0.05, 0) is 53.1 Å². The molecule has 21 heavy (non-hydrogen) atoms. The standard InChI is InChI=1S/C16H15NO2S2/c1-11-8-13(6-7-15(11)17)21(18,19)10-12-9-20-16-5-3-2-4-14(12)16/h2-9H,10,17H2,1H3. The molecule has 0 aliphatic heterocycles. The zero-order valence-electron chi connectivity index (χ0n) is 11.5. The minimum absolute atomic E-state index is 0.0143. The van der Waals surface area contributed by atoms with Crippen LogP contribution >= 0.6 is 11.3 Å². The van der Waals surface area contributed by atoms with E-state index in [4.69, 9.17) is 5.73 Å². The molecular weight excluding hydrogens is 302 g/mol. The zero-order valence-corrected chi connectivity index (χ0v) is 13.2. The highest BCUT2D eigenvalue weighted by Gasteiger charge is 2.18. The predicted octanol–water partition coefficient (Wildman–Crippen LogP) is 3.77. The van der Waals surface area contributed by atoms with Gasteiger partial charge in [0.2, 0.25) is 0 Å². The number of nitrogen functional groups attached to an aromatic ring is 1. The molecule has 3 aromatic rings. The Bertz CT molecular complexity index is 911. The van der Waals surface area contributed by atoms with Gasteiger partial charge in [0, 0.05) is 10.4 Å². The summed E-state index contributed by atoms with van der Waals surface area (Å²) >= 11 is 1.57. The van der Waals surface area contributed by atoms with E-state index in [2.05, 4.69) is 0 Å². The van der Waals surface area contributed by atoms with Crippen LogP contribution < -0.4 is 5.73 Å². The number of fused-ring (bicyclic) bond motifs is 1. The molecule has 0 unspecified atom stereocenters. The van der Waals surface area contributed by atoms with Gasteiger partial charge in [-0.25, -0.2) is 8.42 Å². The van der Waals surface area contributed by atoms with E-state index in [9.17, 15) is 8.42 Å². The molecule has 108 valence electrons. The molecule has 0 bridgehead atoms. The van der Waals surface area contributed by atoms with Crippen molar-refractivity contribution < 1.29 is 8.42 Å². The Morgan fingerprint density at radius 1 is 1.14 bits per heavy atom. The Morgan fingerprint density at radius 3 is 2.67 bits per heavy atom. The van der Waals surface area contributed by atoms with Crippen molar-refractivity contribution in [2.45, 2.75) is 17.6 Å². The number of rotatable bonds is 3. The number of aryl methyl sites for hydroxylation is 1. The Balaban J connectivity index is 2.01. The van der Waals surface area contributed by atoms with Crippen molar-refractivity contribution in [1.82, 2.24) is 0 Å². The molecule has 3 rings (SSSR count). The Labute approximate surface area is 128 Å². The second kappa shape index (κ2) is 5.16. The van der Waals surface area contributed by atoms with E-state index >= 15 is 0 Å². The third-order valence-corrected chi connectivity index (χ3v) is 6.18. The summed E-state index contributed by atoms with van der Waals surface area (Å²) in [6.45, 7) is 1.81. The fraction of sp³-hybridized carbons (Fsp3) is 0.125. The number of sulfone groups is 1. The van der Waals surface area contributed by atoms with Gasteiger partial charge >= 0.3 is 0 Å². The third-order valence-electron chi connectivity index (χ3n) is 3.51. The van der Waals surface area contributed by atoms with E-state index in [1.54, 1.807) is 29.5 Å². The summed E-state index contributed by atoms with van der Waals surface area (Å²) < 4.78 is 26.2. The molecule has 0 saturated heterocycles. The lowest BCUT2D eigenvalue weighted by molar-refractivity contribution is 0.595. The largest absolute Gasteiger partial charge is 0.399 e. The van der Waals surface area contributed by atoms with Crippen molar-refractivity contribution >= 4 is 36.9 Å². The van der Waals surface area contributed by atoms with Crippen molar-refractivity contribution in [2.24, 2.45) is 0 Å². The maximum absolute atomic E-state index is 12.6. The highest BCUT2D eigenvalue weighted by molar-refractivity contribution is 7.90. The lowest BCUT2D eigenvalue weighted by Crippen LogP contribution is -2.05. The lowest BCUT2D eigenvalue weighted by atomic mass is 10.2. The first kappa shape index (κ1) is 14.1. The van der Waals surface area contributed by atoms with Crippen LogP contribution in [0.15, 0.2) is 52.7 Å². The number of benzene rings is 2. The summed E-state index contributed by atoms with van der Waals surface area (Å²) in [5, 5.41) is 2.94. The van der Waals surface area contributed by atoms with Gasteiger partial charge in [-0.1, -0.05) is 18.2 Å². The van der Waals surface area contributed by atoms with Crippen molar-refractivity contribution in [3.8, 4) is 0 Å². The predicted molar refractivity (Wildman–Crippen MR) is 88.3 cm³/mol. The minimum atomic E-state index is -3.36. The summed E-state index contributed by atoms with van der Waals surface area (Å²) in [6, 6.07) is 12.7. The van der Waals surface area contributed by atoms with Gasteiger partial charge in [-0.15, -0.1) is 11.3 Å². The minimum Gasteiger partial charge on any atom is -0.399 e. The second-order valence-electron chi connectivity index (χ2n) is 5.03. The normalized spacial score (nSPS) is 11.9. The molecule has 0 spiro atoms. The summed E-state index contributed by atoms with van der Waals surface area (Å²) in [5.41, 5.74) is 7.99. The average Bonchev–Trinajstić information content (AvgIpc) is 2.85. The van der Waals surface area contributed by atoms with Crippen LogP contribution in [0.25, 0.3) is 10.1 Å². The van der Waals surface area contributed by atoms with Crippen LogP contribution in [0.3, 0.4) is 0 Å². The Hall–Kier alpha value is -1.85. The maximum Gasteiger partial charge on any atom is 0.182 e. The molecule has 2 aromatic carbocycles. The highest BCUT2D eigenvalue weighted by Crippen LogP contribution is 2.29. The Morgan fingerprint density at radius 2 is 1.90 bits per heavy atom. The number of nitrogens with two attached hydrogens (primary N) is 1. The molecular formula is C16H15NO2S2. The van der Waals surface area contributed by atoms with E-state index in [-0.39, 0.29) is 5.75 Å². The summed E-state index contributed by atoms with van der Waals surface area (Å²) in [6.07, 6.45) is 0. The van der Waals surface area contributed by atoms with E-state index in [1.807, 2.05) is 36.6 Å². The molecule has 1 aromatic heterocycles. The Kier molecular flexibility index (Phi) is 3.47. The second-order valence-corrected chi connectivity index (χ2v) is 7.94. The first-order valence-corrected chi connectivity index (χ1v) is 9.04. The fourth-order valence-electron chi connectivity index (χ4n) is 2.27. The van der Waals surface area contributed by atoms with Crippen LogP contribution in [0.1, 0.15) is 11.1 Å². The SMILES string of the molecule is Cc1cc(S(=O)(=O)Cc2csc3ccccc23)ccc1N. The van der Waals surface area contributed by atoms with E-state index in [0.29, 0.717) is 10.6 Å². The van der Waals surface area contributed by atoms with Gasteiger partial charge in [0.25, 0.3) is 0 Å². The van der Waals surface area contributed by atoms with Crippen molar-refractivity contribution in [1.29, 1.82) is 0 Å². The quantitative estimate of drug-likeness (QED) is 0.748. The van der Waals surface area contributed by atoms with Crippen molar-refractivity contribution in [3.63, 3.8) is 0 Å². The number of hydrogen-bond acceptors (Lipinski definition) is 4. The van der Waals surface area contributed by atoms with Gasteiger partial charge in [0.1, 0.15) is 0 Å². The summed E-state index contributed by atoms with van der Waals surface area (Å²) in [7, 11) is -3.36. The van der Waals surface area contributed by atoms with Crippen molar-refractivity contribution in [2.75, 3.05) is 5.73 Å². The molecule has 0 atom stereocenters. The maximum atomic E-state index is 12.6. The fourth-order valence-corrected chi connectivity index (χ4v) is 4.79. The summed E-state index contributed by atoms with van der Waals surface area (Å²) in [4.78, 5) is 0.324. The van der Waals surface area contributed by atoms with Gasteiger partial charge in [-0.2, -0.15) is 0 Å². The monoisotopic (exact) mass is 317 g/mol. The van der Waals surface area contributed by atoms with Crippen LogP contribution in [0.2, 0.25) is 0 Å². The van der Waals surface area contributed by atoms with E-state index < -0.39 is 9.84 Å². The van der Waals surface area contributed by atoms with Gasteiger partial charge in [0.15, 0.2) is 9.84 Å². The van der Waals surface area contributed by atoms with Crippen LogP contribution in [-0.2, 0) is 15.6 Å². The molecule has 3 nitrogen and oxygen atoms in total. The first-order valence-electron chi connectivity index (χ1n) is 6.51. The molecule has 2 N–H and O–H groups in total. The molecule has 0 saturated carbocycles. The molecule has 0 fully saturated rings. The number of anilines is 1. The van der Waals surface area contributed by atoms with Crippen LogP contribution in [-0.4, -0.2) is 8.42 Å². The topological polar surface area (TPSA) is 60.2 Å². The highest BCUT2D eigenvalue weighted by atomic mass is 32.2. The van der Waals surface area contributed by atoms with Crippen LogP contribution in [0.5, 0.6) is 0 Å². The molecule has 1 heterocycles. The lowest BCUT2D eigenvalue weighted by Gasteiger charge is -2.07. The van der Waals surface area contributed by atoms with E-state index in [1.165, 1.54) is 0 Å². The van der Waals surface area contributed by atoms with Gasteiger partial charge in [0.05, 0.1) is 10.6 Å². The number of thiophene rings is 1. The van der Waals surface area contributed by atoms with Gasteiger partial charge in [-0.3, -0.25) is 0 Å². The smallest absolute Gasteiger partial charge is 0.182 e. The van der Waals surface area contributed by atoms with Gasteiger partial charge < -0.3 is 5.73 Å². The summed E-state index contributed by atoms with van der Waals surface area (Å²) in [5.74, 6) is 0.0143. The molecule has 0 amide bonds. The first-order chi connectivity index (χ1) is 9.97. The van der Waals surface area contributed by atoms with Crippen LogP contribution in [0, 0.1) is 6.92 Å². The average molecular weight is 317 g/mol. The molecule has 0 radical (unpaired) electrons. The zero-order chi connectivity index (χ0) is 15.0. The van der Waals surface area contributed by atoms with Crippen LogP contribution in [0.4, 0.5) is 5.69 Å². The van der Waals surface area contributed by atoms with Crippen molar-refractivity contribution in [3.05, 3.63) is 59.0 Å². The molecule has 0 aliphatic rings. The molecule has 5 heteroatoms. The van der Waals surface area contributed by atoms with E-state index in [0.717, 1.165) is 21.2 Å².